The summed E-state index contributed by atoms with van der Waals surface area (Å²) in [5.74, 6) is -0.327. The summed E-state index contributed by atoms with van der Waals surface area (Å²) in [6.45, 7) is 0.842. The number of fused-ring (bicyclic) bond motifs is 1. The minimum Gasteiger partial charge on any atom is -0.396 e. The zero-order valence-electron chi connectivity index (χ0n) is 20.2. The second-order valence-corrected chi connectivity index (χ2v) is 11.6. The monoisotopic (exact) mass is 569 g/mol. The van der Waals surface area contributed by atoms with Crippen LogP contribution in [0.4, 0.5) is 5.69 Å². The molecule has 0 saturated heterocycles. The standard InChI is InChI=1S/C27H25Cl2N5O3S/c28-21-14-20(15-22(29)26(21)30)38(36,37)33-25(13-17-6-7-23-24(12-17)32-16-31-23)27(35)34-10-8-19(9-11-34)18-4-2-1-3-5-18/h1-8,12,14-16,25,33H,9-11,13,30H2,(H,31,32). The molecule has 4 aromatic rings. The molecule has 2 heterocycles. The number of sulfonamides is 1. The molecule has 1 unspecified atom stereocenters. The molecule has 1 aliphatic rings. The van der Waals surface area contributed by atoms with Gasteiger partial charge in [-0.2, -0.15) is 4.72 Å². The number of nitrogens with one attached hydrogen (secondary N) is 2. The van der Waals surface area contributed by atoms with E-state index < -0.39 is 16.1 Å². The third-order valence-electron chi connectivity index (χ3n) is 6.55. The molecule has 0 bridgehead atoms. The highest BCUT2D eigenvalue weighted by Gasteiger charge is 2.31. The second-order valence-electron chi connectivity index (χ2n) is 9.06. The van der Waals surface area contributed by atoms with Crippen LogP contribution in [0.25, 0.3) is 16.6 Å². The third kappa shape index (κ3) is 5.56. The average molecular weight is 571 g/mol. The van der Waals surface area contributed by atoms with Crippen molar-refractivity contribution in [2.24, 2.45) is 0 Å². The summed E-state index contributed by atoms with van der Waals surface area (Å²) in [4.78, 5) is 22.5. The molecule has 3 aromatic carbocycles. The predicted octanol–water partition coefficient (Wildman–Crippen LogP) is 4.66. The van der Waals surface area contributed by atoms with E-state index in [9.17, 15) is 13.2 Å². The van der Waals surface area contributed by atoms with Crippen LogP contribution in [-0.4, -0.2) is 48.3 Å². The number of imidazole rings is 1. The first-order valence-electron chi connectivity index (χ1n) is 11.9. The lowest BCUT2D eigenvalue weighted by Gasteiger charge is -2.30. The van der Waals surface area contributed by atoms with Gasteiger partial charge in [0.2, 0.25) is 15.9 Å². The van der Waals surface area contributed by atoms with Crippen LogP contribution in [-0.2, 0) is 21.2 Å². The van der Waals surface area contributed by atoms with Crippen molar-refractivity contribution in [3.8, 4) is 0 Å². The van der Waals surface area contributed by atoms with Gasteiger partial charge in [0, 0.05) is 13.1 Å². The number of hydrogen-bond acceptors (Lipinski definition) is 5. The van der Waals surface area contributed by atoms with Crippen LogP contribution < -0.4 is 10.5 Å². The smallest absolute Gasteiger partial charge is 0.241 e. The lowest BCUT2D eigenvalue weighted by atomic mass is 9.98. The number of amides is 1. The normalized spacial score (nSPS) is 14.9. The Labute approximate surface area is 230 Å². The molecule has 0 fully saturated rings. The maximum absolute atomic E-state index is 13.7. The Morgan fingerprint density at radius 3 is 2.53 bits per heavy atom. The number of aromatic nitrogens is 2. The Balaban J connectivity index is 1.43. The molecule has 1 amide bonds. The topological polar surface area (TPSA) is 121 Å². The number of H-pyrrole nitrogens is 1. The molecule has 11 heteroatoms. The van der Waals surface area contributed by atoms with Crippen molar-refractivity contribution in [3.63, 3.8) is 0 Å². The third-order valence-corrected chi connectivity index (χ3v) is 8.63. The van der Waals surface area contributed by atoms with Gasteiger partial charge < -0.3 is 15.6 Å². The van der Waals surface area contributed by atoms with E-state index in [4.69, 9.17) is 28.9 Å². The zero-order chi connectivity index (χ0) is 26.9. The second kappa shape index (κ2) is 10.8. The van der Waals surface area contributed by atoms with Gasteiger partial charge in [-0.15, -0.1) is 0 Å². The number of anilines is 1. The van der Waals surface area contributed by atoms with Crippen molar-refractivity contribution in [2.45, 2.75) is 23.8 Å². The fourth-order valence-corrected chi connectivity index (χ4v) is 6.35. The Morgan fingerprint density at radius 2 is 1.84 bits per heavy atom. The van der Waals surface area contributed by atoms with Crippen molar-refractivity contribution >= 4 is 61.4 Å². The minimum atomic E-state index is -4.17. The number of hydrogen-bond donors (Lipinski definition) is 3. The molecule has 1 aromatic heterocycles. The SMILES string of the molecule is Nc1c(Cl)cc(S(=O)(=O)NC(Cc2ccc3[nH]cnc3c2)C(=O)N2CC=C(c3ccccc3)CC2)cc1Cl. The molecule has 5 rings (SSSR count). The van der Waals surface area contributed by atoms with Crippen LogP contribution in [0, 0.1) is 0 Å². The van der Waals surface area contributed by atoms with E-state index in [1.54, 1.807) is 11.2 Å². The predicted molar refractivity (Wildman–Crippen MR) is 150 cm³/mol. The Hall–Kier alpha value is -3.37. The van der Waals surface area contributed by atoms with Gasteiger partial charge in [-0.25, -0.2) is 13.4 Å². The number of aromatic amines is 1. The fourth-order valence-electron chi connectivity index (χ4n) is 4.50. The van der Waals surface area contributed by atoms with Crippen molar-refractivity contribution < 1.29 is 13.2 Å². The van der Waals surface area contributed by atoms with Gasteiger partial charge in [0.25, 0.3) is 0 Å². The molecular formula is C27H25Cl2N5O3S. The van der Waals surface area contributed by atoms with E-state index in [2.05, 4.69) is 14.7 Å². The molecule has 0 spiro atoms. The van der Waals surface area contributed by atoms with Crippen LogP contribution in [0.2, 0.25) is 10.0 Å². The highest BCUT2D eigenvalue weighted by molar-refractivity contribution is 7.89. The van der Waals surface area contributed by atoms with E-state index >= 15 is 0 Å². The first-order chi connectivity index (χ1) is 18.2. The summed E-state index contributed by atoms with van der Waals surface area (Å²) in [6.07, 6.45) is 4.39. The van der Waals surface area contributed by atoms with E-state index in [0.717, 1.165) is 27.7 Å². The summed E-state index contributed by atoms with van der Waals surface area (Å²) in [6, 6.07) is 16.9. The van der Waals surface area contributed by atoms with E-state index in [0.29, 0.717) is 19.5 Å². The van der Waals surface area contributed by atoms with E-state index in [-0.39, 0.29) is 33.0 Å². The van der Waals surface area contributed by atoms with Crippen LogP contribution in [0.3, 0.4) is 0 Å². The molecule has 0 aliphatic carbocycles. The summed E-state index contributed by atoms with van der Waals surface area (Å²) >= 11 is 12.2. The lowest BCUT2D eigenvalue weighted by Crippen LogP contribution is -2.50. The van der Waals surface area contributed by atoms with E-state index in [1.165, 1.54) is 12.1 Å². The van der Waals surface area contributed by atoms with Crippen molar-refractivity contribution in [2.75, 3.05) is 18.8 Å². The molecule has 4 N–H and O–H groups in total. The van der Waals surface area contributed by atoms with Gasteiger partial charge in [0.1, 0.15) is 6.04 Å². The number of nitrogens with two attached hydrogens (primary N) is 1. The molecule has 1 aliphatic heterocycles. The zero-order valence-corrected chi connectivity index (χ0v) is 22.5. The van der Waals surface area contributed by atoms with Crippen molar-refractivity contribution in [1.29, 1.82) is 0 Å². The minimum absolute atomic E-state index is 0.0133. The number of rotatable bonds is 7. The lowest BCUT2D eigenvalue weighted by molar-refractivity contribution is -0.132. The van der Waals surface area contributed by atoms with Gasteiger partial charge in [0.05, 0.1) is 38.0 Å². The van der Waals surface area contributed by atoms with Crippen LogP contribution in [0.1, 0.15) is 17.5 Å². The fraction of sp³-hybridized carbons (Fsp3) is 0.185. The van der Waals surface area contributed by atoms with Crippen LogP contribution in [0.5, 0.6) is 0 Å². The van der Waals surface area contributed by atoms with Gasteiger partial charge in [0.15, 0.2) is 0 Å². The number of benzene rings is 3. The molecule has 38 heavy (non-hydrogen) atoms. The highest BCUT2D eigenvalue weighted by Crippen LogP contribution is 2.31. The Morgan fingerprint density at radius 1 is 1.11 bits per heavy atom. The van der Waals surface area contributed by atoms with Crippen LogP contribution in [0.15, 0.2) is 78.0 Å². The Bertz CT molecular complexity index is 1610. The molecule has 196 valence electrons. The maximum Gasteiger partial charge on any atom is 0.241 e. The summed E-state index contributed by atoms with van der Waals surface area (Å²) in [5, 5.41) is 0.0266. The number of nitrogens with zero attached hydrogens (tertiary/aromatic N) is 2. The summed E-state index contributed by atoms with van der Waals surface area (Å²) < 4.78 is 29.3. The van der Waals surface area contributed by atoms with Crippen molar-refractivity contribution in [3.05, 3.63) is 94.2 Å². The first-order valence-corrected chi connectivity index (χ1v) is 14.2. The molecule has 0 saturated carbocycles. The number of carbonyl (C=O) groups excluding carboxylic acids is 1. The van der Waals surface area contributed by atoms with Crippen LogP contribution >= 0.6 is 23.2 Å². The van der Waals surface area contributed by atoms with Gasteiger partial charge in [-0.05, 0) is 53.8 Å². The molecule has 0 radical (unpaired) electrons. The summed E-state index contributed by atoms with van der Waals surface area (Å²) in [7, 11) is -4.17. The quantitative estimate of drug-likeness (QED) is 0.279. The molecular weight excluding hydrogens is 545 g/mol. The number of halogens is 2. The van der Waals surface area contributed by atoms with E-state index in [1.807, 2.05) is 54.6 Å². The largest absolute Gasteiger partial charge is 0.396 e. The summed E-state index contributed by atoms with van der Waals surface area (Å²) in [5.41, 5.74) is 10.5. The van der Waals surface area contributed by atoms with Gasteiger partial charge in [-0.1, -0.05) is 65.7 Å². The van der Waals surface area contributed by atoms with Crippen molar-refractivity contribution in [1.82, 2.24) is 19.6 Å². The highest BCUT2D eigenvalue weighted by atomic mass is 35.5. The van der Waals surface area contributed by atoms with Gasteiger partial charge in [-0.3, -0.25) is 4.79 Å². The molecule has 1 atom stereocenters. The number of nitrogen functional groups attached to an aromatic ring is 1. The van der Waals surface area contributed by atoms with Gasteiger partial charge >= 0.3 is 0 Å². The number of carbonyl (C=O) groups is 1. The molecule has 8 nitrogen and oxygen atoms in total. The maximum atomic E-state index is 13.7. The average Bonchev–Trinajstić information content (AvgIpc) is 3.39. The first kappa shape index (κ1) is 26.2. The Kier molecular flexibility index (Phi) is 7.45.